The number of nitrogens with zero attached hydrogens (tertiary/aromatic N) is 3. The molecule has 3 heterocycles. The highest BCUT2D eigenvalue weighted by atomic mass is 32.1. The van der Waals surface area contributed by atoms with E-state index in [0.717, 1.165) is 29.2 Å². The van der Waals surface area contributed by atoms with Gasteiger partial charge >= 0.3 is 0 Å². The van der Waals surface area contributed by atoms with E-state index in [4.69, 9.17) is 0 Å². The normalized spacial score (nSPS) is 13.8. The fourth-order valence-electron chi connectivity index (χ4n) is 3.52. The lowest BCUT2D eigenvalue weighted by Crippen LogP contribution is -2.36. The monoisotopic (exact) mass is 359 g/mol. The summed E-state index contributed by atoms with van der Waals surface area (Å²) >= 11 is 1.51. The Morgan fingerprint density at radius 2 is 1.77 bits per heavy atom. The van der Waals surface area contributed by atoms with Gasteiger partial charge in [-0.2, -0.15) is 0 Å². The Labute approximate surface area is 155 Å². The van der Waals surface area contributed by atoms with Crippen molar-refractivity contribution in [1.29, 1.82) is 0 Å². The van der Waals surface area contributed by atoms with E-state index in [1.54, 1.807) is 0 Å². The van der Waals surface area contributed by atoms with Gasteiger partial charge in [0.05, 0.1) is 5.69 Å². The Hall–Kier alpha value is -2.92. The minimum atomic E-state index is 0.0720. The molecule has 1 aliphatic rings. The lowest BCUT2D eigenvalue weighted by atomic mass is 10.00. The molecule has 5 heteroatoms. The summed E-state index contributed by atoms with van der Waals surface area (Å²) in [6, 6.07) is 18.4. The zero-order valence-corrected chi connectivity index (χ0v) is 14.9. The molecule has 0 radical (unpaired) electrons. The molecule has 0 bridgehead atoms. The van der Waals surface area contributed by atoms with Gasteiger partial charge in [-0.15, -0.1) is 11.3 Å². The lowest BCUT2D eigenvalue weighted by Gasteiger charge is -2.28. The SMILES string of the molecule is O=C(c1csc2nc(-c3ccccc3)cn12)N1CCc2ccccc2C1. The molecule has 1 aliphatic heterocycles. The summed E-state index contributed by atoms with van der Waals surface area (Å²) in [7, 11) is 0. The second-order valence-electron chi connectivity index (χ2n) is 6.51. The predicted molar refractivity (Wildman–Crippen MR) is 103 cm³/mol. The first kappa shape index (κ1) is 15.3. The highest BCUT2D eigenvalue weighted by Gasteiger charge is 2.24. The van der Waals surface area contributed by atoms with E-state index < -0.39 is 0 Å². The quantitative estimate of drug-likeness (QED) is 0.536. The molecule has 0 N–H and O–H groups in total. The maximum atomic E-state index is 13.1. The Balaban J connectivity index is 1.48. The molecule has 4 nitrogen and oxygen atoms in total. The topological polar surface area (TPSA) is 37.6 Å². The highest BCUT2D eigenvalue weighted by molar-refractivity contribution is 7.15. The Kier molecular flexibility index (Phi) is 3.60. The van der Waals surface area contributed by atoms with Crippen LogP contribution < -0.4 is 0 Å². The maximum absolute atomic E-state index is 13.1. The van der Waals surface area contributed by atoms with Gasteiger partial charge in [0, 0.05) is 30.2 Å². The summed E-state index contributed by atoms with van der Waals surface area (Å²) in [6.07, 6.45) is 2.88. The number of carbonyl (C=O) groups is 1. The summed E-state index contributed by atoms with van der Waals surface area (Å²) in [5.41, 5.74) is 5.25. The molecule has 0 unspecified atom stereocenters. The molecule has 0 atom stereocenters. The van der Waals surface area contributed by atoms with Crippen LogP contribution in [-0.2, 0) is 13.0 Å². The molecule has 0 saturated heterocycles. The minimum absolute atomic E-state index is 0.0720. The van der Waals surface area contributed by atoms with E-state index in [9.17, 15) is 4.79 Å². The van der Waals surface area contributed by atoms with Crippen molar-refractivity contribution in [3.05, 3.63) is 83.0 Å². The Morgan fingerprint density at radius 1 is 1.00 bits per heavy atom. The molecule has 5 rings (SSSR count). The summed E-state index contributed by atoms with van der Waals surface area (Å²) in [5, 5.41) is 1.92. The van der Waals surface area contributed by atoms with Crippen molar-refractivity contribution in [3.8, 4) is 11.3 Å². The van der Waals surface area contributed by atoms with Crippen LogP contribution in [0.25, 0.3) is 16.2 Å². The molecule has 0 spiro atoms. The zero-order valence-electron chi connectivity index (χ0n) is 14.1. The highest BCUT2D eigenvalue weighted by Crippen LogP contribution is 2.26. The Morgan fingerprint density at radius 3 is 2.62 bits per heavy atom. The first-order valence-electron chi connectivity index (χ1n) is 8.68. The number of imidazole rings is 1. The van der Waals surface area contributed by atoms with Gasteiger partial charge in [0.1, 0.15) is 5.69 Å². The van der Waals surface area contributed by atoms with Crippen LogP contribution in [0.2, 0.25) is 0 Å². The second kappa shape index (κ2) is 6.11. The molecule has 0 saturated carbocycles. The van der Waals surface area contributed by atoms with Gasteiger partial charge in [-0.3, -0.25) is 9.20 Å². The number of fused-ring (bicyclic) bond motifs is 2. The van der Waals surface area contributed by atoms with Gasteiger partial charge in [-0.1, -0.05) is 54.6 Å². The van der Waals surface area contributed by atoms with Gasteiger partial charge < -0.3 is 4.90 Å². The van der Waals surface area contributed by atoms with Crippen molar-refractivity contribution in [2.45, 2.75) is 13.0 Å². The number of rotatable bonds is 2. The van der Waals surface area contributed by atoms with Crippen molar-refractivity contribution >= 4 is 22.2 Å². The number of hydrogen-bond acceptors (Lipinski definition) is 3. The van der Waals surface area contributed by atoms with Crippen LogP contribution in [0.3, 0.4) is 0 Å². The molecule has 2 aromatic carbocycles. The second-order valence-corrected chi connectivity index (χ2v) is 7.35. The van der Waals surface area contributed by atoms with Crippen molar-refractivity contribution < 1.29 is 4.79 Å². The summed E-state index contributed by atoms with van der Waals surface area (Å²) < 4.78 is 1.93. The van der Waals surface area contributed by atoms with Crippen LogP contribution in [0.4, 0.5) is 0 Å². The van der Waals surface area contributed by atoms with Crippen molar-refractivity contribution in [1.82, 2.24) is 14.3 Å². The van der Waals surface area contributed by atoms with E-state index in [0.29, 0.717) is 12.2 Å². The molecule has 0 fully saturated rings. The van der Waals surface area contributed by atoms with E-state index in [2.05, 4.69) is 23.2 Å². The number of thiazole rings is 1. The van der Waals surface area contributed by atoms with Crippen LogP contribution in [-0.4, -0.2) is 26.7 Å². The van der Waals surface area contributed by atoms with Crippen LogP contribution in [0.5, 0.6) is 0 Å². The first-order chi connectivity index (χ1) is 12.8. The first-order valence-corrected chi connectivity index (χ1v) is 9.55. The van der Waals surface area contributed by atoms with E-state index >= 15 is 0 Å². The van der Waals surface area contributed by atoms with Gasteiger partial charge in [0.15, 0.2) is 4.96 Å². The van der Waals surface area contributed by atoms with Crippen LogP contribution >= 0.6 is 11.3 Å². The predicted octanol–water partition coefficient (Wildman–Crippen LogP) is 4.26. The van der Waals surface area contributed by atoms with Crippen LogP contribution in [0, 0.1) is 0 Å². The average molecular weight is 359 g/mol. The number of amides is 1. The van der Waals surface area contributed by atoms with Crippen LogP contribution in [0.1, 0.15) is 21.6 Å². The maximum Gasteiger partial charge on any atom is 0.272 e. The van der Waals surface area contributed by atoms with Gasteiger partial charge in [0.2, 0.25) is 0 Å². The third-order valence-corrected chi connectivity index (χ3v) is 5.76. The minimum Gasteiger partial charge on any atom is -0.333 e. The fraction of sp³-hybridized carbons (Fsp3) is 0.143. The fourth-order valence-corrected chi connectivity index (χ4v) is 4.36. The number of hydrogen-bond donors (Lipinski definition) is 0. The number of carbonyl (C=O) groups excluding carboxylic acids is 1. The Bertz CT molecular complexity index is 1100. The number of benzene rings is 2. The van der Waals surface area contributed by atoms with Crippen LogP contribution in [0.15, 0.2) is 66.2 Å². The lowest BCUT2D eigenvalue weighted by molar-refractivity contribution is 0.0728. The van der Waals surface area contributed by atoms with Gasteiger partial charge in [-0.25, -0.2) is 4.98 Å². The molecule has 2 aromatic heterocycles. The summed E-state index contributed by atoms with van der Waals surface area (Å²) in [4.78, 5) is 20.6. The van der Waals surface area contributed by atoms with Gasteiger partial charge in [-0.05, 0) is 17.5 Å². The zero-order chi connectivity index (χ0) is 17.5. The molecule has 4 aromatic rings. The third kappa shape index (κ3) is 2.52. The molecular formula is C21H17N3OS. The molecule has 26 heavy (non-hydrogen) atoms. The molecule has 128 valence electrons. The van der Waals surface area contributed by atoms with Crippen molar-refractivity contribution in [2.75, 3.05) is 6.54 Å². The van der Waals surface area contributed by atoms with E-state index in [1.807, 2.05) is 57.3 Å². The third-order valence-electron chi connectivity index (χ3n) is 4.92. The van der Waals surface area contributed by atoms with E-state index in [1.165, 1.54) is 22.5 Å². The smallest absolute Gasteiger partial charge is 0.272 e. The molecular weight excluding hydrogens is 342 g/mol. The van der Waals surface area contributed by atoms with Gasteiger partial charge in [0.25, 0.3) is 5.91 Å². The standard InChI is InChI=1S/C21H17N3OS/c25-20(23-11-10-15-6-4-5-9-17(15)12-23)19-14-26-21-22-18(13-24(19)21)16-7-2-1-3-8-16/h1-9,13-14H,10-12H2. The van der Waals surface area contributed by atoms with Crippen molar-refractivity contribution in [3.63, 3.8) is 0 Å². The molecule has 1 amide bonds. The summed E-state index contributed by atoms with van der Waals surface area (Å²) in [6.45, 7) is 1.43. The largest absolute Gasteiger partial charge is 0.333 e. The summed E-state index contributed by atoms with van der Waals surface area (Å²) in [5.74, 6) is 0.0720. The van der Waals surface area contributed by atoms with E-state index in [-0.39, 0.29) is 5.91 Å². The average Bonchev–Trinajstić information content (AvgIpc) is 3.28. The van der Waals surface area contributed by atoms with Crippen molar-refractivity contribution in [2.24, 2.45) is 0 Å². The molecule has 0 aliphatic carbocycles. The number of aromatic nitrogens is 2.